The second-order valence-corrected chi connectivity index (χ2v) is 7.48. The van der Waals surface area contributed by atoms with Gasteiger partial charge in [0.15, 0.2) is 5.82 Å². The highest BCUT2D eigenvalue weighted by Gasteiger charge is 2.29. The predicted molar refractivity (Wildman–Crippen MR) is 105 cm³/mol. The van der Waals surface area contributed by atoms with E-state index in [1.807, 2.05) is 31.5 Å². The first-order chi connectivity index (χ1) is 13.9. The molecule has 0 aliphatic heterocycles. The van der Waals surface area contributed by atoms with Crippen molar-refractivity contribution in [2.75, 3.05) is 20.8 Å². The van der Waals surface area contributed by atoms with E-state index in [1.54, 1.807) is 30.5 Å². The van der Waals surface area contributed by atoms with E-state index in [0.717, 1.165) is 25.1 Å². The van der Waals surface area contributed by atoms with Crippen LogP contribution in [0.4, 0.5) is 0 Å². The molecule has 1 unspecified atom stereocenters. The van der Waals surface area contributed by atoms with Gasteiger partial charge in [-0.3, -0.25) is 0 Å². The summed E-state index contributed by atoms with van der Waals surface area (Å²) in [6.45, 7) is 7.70. The largest absolute Gasteiger partial charge is 0.481 e. The third-order valence-corrected chi connectivity index (χ3v) is 4.33. The van der Waals surface area contributed by atoms with E-state index in [2.05, 4.69) is 35.8 Å². The summed E-state index contributed by atoms with van der Waals surface area (Å²) < 4.78 is 14.4. The molecule has 0 aromatic carbocycles. The fraction of sp³-hybridized carbons (Fsp3) is 0.556. The van der Waals surface area contributed by atoms with Crippen molar-refractivity contribution in [3.8, 4) is 11.9 Å². The summed E-state index contributed by atoms with van der Waals surface area (Å²) in [4.78, 5) is 12.6. The fourth-order valence-corrected chi connectivity index (χ4v) is 2.94. The average molecular weight is 401 g/mol. The number of aromatic nitrogens is 8. The van der Waals surface area contributed by atoms with E-state index in [9.17, 15) is 0 Å². The van der Waals surface area contributed by atoms with Crippen molar-refractivity contribution in [3.05, 3.63) is 36.3 Å². The summed E-state index contributed by atoms with van der Waals surface area (Å²) in [7, 11) is 3.08. The second kappa shape index (κ2) is 8.95. The van der Waals surface area contributed by atoms with Crippen LogP contribution in [0.2, 0.25) is 0 Å². The molecule has 0 spiro atoms. The third-order valence-electron chi connectivity index (χ3n) is 4.33. The van der Waals surface area contributed by atoms with Gasteiger partial charge in [0.25, 0.3) is 0 Å². The van der Waals surface area contributed by atoms with Crippen LogP contribution in [0.5, 0.6) is 11.9 Å². The lowest BCUT2D eigenvalue weighted by molar-refractivity contribution is 0.318. The Bertz CT molecular complexity index is 902. The maximum Gasteiger partial charge on any atom is 0.319 e. The molecule has 156 valence electrons. The molecule has 0 radical (unpaired) electrons. The molecule has 0 aliphatic rings. The SMILES string of the molecule is COc1ncc(C(NCCCn2ccnc2)c2nnnn2C(C)(C)C)c(OC)n1. The second-order valence-electron chi connectivity index (χ2n) is 7.48. The molecule has 3 rings (SSSR count). The normalized spacial score (nSPS) is 12.7. The van der Waals surface area contributed by atoms with Crippen LogP contribution in [0.15, 0.2) is 24.9 Å². The van der Waals surface area contributed by atoms with E-state index in [-0.39, 0.29) is 17.6 Å². The van der Waals surface area contributed by atoms with Crippen LogP contribution in [-0.4, -0.2) is 60.5 Å². The summed E-state index contributed by atoms with van der Waals surface area (Å²) in [5.41, 5.74) is 0.437. The van der Waals surface area contributed by atoms with Gasteiger partial charge in [0.2, 0.25) is 5.88 Å². The first-order valence-corrected chi connectivity index (χ1v) is 9.37. The molecule has 3 heterocycles. The number of tetrazole rings is 1. The average Bonchev–Trinajstić information content (AvgIpc) is 3.39. The molecule has 11 heteroatoms. The quantitative estimate of drug-likeness (QED) is 0.528. The summed E-state index contributed by atoms with van der Waals surface area (Å²) in [5, 5.41) is 15.9. The van der Waals surface area contributed by atoms with Crippen LogP contribution in [0.25, 0.3) is 0 Å². The Morgan fingerprint density at radius 2 is 2.03 bits per heavy atom. The maximum absolute atomic E-state index is 5.50. The number of nitrogens with zero attached hydrogens (tertiary/aromatic N) is 8. The molecule has 1 atom stereocenters. The van der Waals surface area contributed by atoms with Crippen LogP contribution in [0.1, 0.15) is 44.6 Å². The highest BCUT2D eigenvalue weighted by atomic mass is 16.5. The van der Waals surface area contributed by atoms with Gasteiger partial charge >= 0.3 is 6.01 Å². The molecule has 0 fully saturated rings. The minimum Gasteiger partial charge on any atom is -0.481 e. The number of methoxy groups -OCH3 is 2. The maximum atomic E-state index is 5.50. The van der Waals surface area contributed by atoms with Crippen molar-refractivity contribution in [2.24, 2.45) is 0 Å². The lowest BCUT2D eigenvalue weighted by atomic mass is 10.1. The minimum atomic E-state index is -0.354. The Morgan fingerprint density at radius 3 is 2.69 bits per heavy atom. The summed E-state index contributed by atoms with van der Waals surface area (Å²) in [6, 6.07) is -0.118. The van der Waals surface area contributed by atoms with Gasteiger partial charge in [-0.25, -0.2) is 14.6 Å². The Morgan fingerprint density at radius 1 is 1.21 bits per heavy atom. The molecule has 0 saturated carbocycles. The smallest absolute Gasteiger partial charge is 0.319 e. The van der Waals surface area contributed by atoms with Crippen LogP contribution in [0.3, 0.4) is 0 Å². The van der Waals surface area contributed by atoms with Gasteiger partial charge in [-0.1, -0.05) is 0 Å². The first kappa shape index (κ1) is 20.6. The molecule has 11 nitrogen and oxygen atoms in total. The Balaban J connectivity index is 1.89. The molecular formula is C18H27N9O2. The lowest BCUT2D eigenvalue weighted by Gasteiger charge is -2.25. The predicted octanol–water partition coefficient (Wildman–Crippen LogP) is 1.20. The molecular weight excluding hydrogens is 374 g/mol. The number of rotatable bonds is 9. The van der Waals surface area contributed by atoms with Crippen molar-refractivity contribution in [1.29, 1.82) is 0 Å². The van der Waals surface area contributed by atoms with E-state index in [0.29, 0.717) is 11.7 Å². The zero-order chi connectivity index (χ0) is 20.9. The number of imidazole rings is 1. The molecule has 0 aliphatic carbocycles. The van der Waals surface area contributed by atoms with Gasteiger partial charge in [-0.15, -0.1) is 5.10 Å². The van der Waals surface area contributed by atoms with Gasteiger partial charge in [0.1, 0.15) is 6.04 Å². The standard InChI is InChI=1S/C18H27N9O2/c1-18(2,3)27-15(23-24-25-27)14(20-7-6-9-26-10-8-19-12-26)13-11-21-17(29-5)22-16(13)28-4/h8,10-12,14,20H,6-7,9H2,1-5H3. The summed E-state index contributed by atoms with van der Waals surface area (Å²) in [6.07, 6.45) is 8.09. The van der Waals surface area contributed by atoms with Gasteiger partial charge in [-0.05, 0) is 44.2 Å². The van der Waals surface area contributed by atoms with E-state index < -0.39 is 0 Å². The topological polar surface area (TPSA) is 118 Å². The Kier molecular flexibility index (Phi) is 6.37. The molecule has 0 bridgehead atoms. The van der Waals surface area contributed by atoms with Crippen LogP contribution >= 0.6 is 0 Å². The number of nitrogens with one attached hydrogen (secondary N) is 1. The Hall–Kier alpha value is -3.08. The molecule has 3 aromatic heterocycles. The third kappa shape index (κ3) is 4.86. The molecule has 0 amide bonds. The van der Waals surface area contributed by atoms with Crippen molar-refractivity contribution in [2.45, 2.75) is 45.3 Å². The van der Waals surface area contributed by atoms with Gasteiger partial charge < -0.3 is 19.4 Å². The van der Waals surface area contributed by atoms with E-state index in [4.69, 9.17) is 9.47 Å². The first-order valence-electron chi connectivity index (χ1n) is 9.37. The van der Waals surface area contributed by atoms with Crippen molar-refractivity contribution in [1.82, 2.24) is 45.0 Å². The number of hydrogen-bond acceptors (Lipinski definition) is 9. The van der Waals surface area contributed by atoms with Crippen LogP contribution in [0, 0.1) is 0 Å². The van der Waals surface area contributed by atoms with Gasteiger partial charge in [0, 0.05) is 25.1 Å². The van der Waals surface area contributed by atoms with Crippen LogP contribution in [-0.2, 0) is 12.1 Å². The number of aryl methyl sites for hydroxylation is 1. The Labute approximate surface area is 169 Å². The minimum absolute atomic E-state index is 0.236. The highest BCUT2D eigenvalue weighted by Crippen LogP contribution is 2.30. The van der Waals surface area contributed by atoms with Gasteiger partial charge in [-0.2, -0.15) is 4.98 Å². The van der Waals surface area contributed by atoms with Crippen molar-refractivity contribution >= 4 is 0 Å². The number of ether oxygens (including phenoxy) is 2. The van der Waals surface area contributed by atoms with Crippen molar-refractivity contribution < 1.29 is 9.47 Å². The zero-order valence-corrected chi connectivity index (χ0v) is 17.4. The molecule has 0 saturated heterocycles. The summed E-state index contributed by atoms with van der Waals surface area (Å²) in [5.74, 6) is 1.07. The van der Waals surface area contributed by atoms with E-state index in [1.165, 1.54) is 7.11 Å². The van der Waals surface area contributed by atoms with Gasteiger partial charge in [0.05, 0.1) is 31.6 Å². The molecule has 3 aromatic rings. The number of hydrogen-bond donors (Lipinski definition) is 1. The zero-order valence-electron chi connectivity index (χ0n) is 17.4. The van der Waals surface area contributed by atoms with Crippen molar-refractivity contribution in [3.63, 3.8) is 0 Å². The van der Waals surface area contributed by atoms with E-state index >= 15 is 0 Å². The highest BCUT2D eigenvalue weighted by molar-refractivity contribution is 5.32. The monoisotopic (exact) mass is 401 g/mol. The van der Waals surface area contributed by atoms with Crippen LogP contribution < -0.4 is 14.8 Å². The molecule has 29 heavy (non-hydrogen) atoms. The fourth-order valence-electron chi connectivity index (χ4n) is 2.94. The summed E-state index contributed by atoms with van der Waals surface area (Å²) >= 11 is 0. The lowest BCUT2D eigenvalue weighted by Crippen LogP contribution is -2.33. The molecule has 1 N–H and O–H groups in total.